The minimum absolute atomic E-state index is 0.0116. The van der Waals surface area contributed by atoms with E-state index in [2.05, 4.69) is 24.7 Å². The van der Waals surface area contributed by atoms with Gasteiger partial charge in [-0.3, -0.25) is 29.0 Å². The molecule has 5 heterocycles. The molecule has 1 fully saturated rings. The van der Waals surface area contributed by atoms with Crippen LogP contribution in [0.15, 0.2) is 46.6 Å². The number of anilines is 1. The van der Waals surface area contributed by atoms with Crippen LogP contribution in [-0.2, 0) is 36.5 Å². The molecule has 0 saturated carbocycles. The lowest BCUT2D eigenvalue weighted by Gasteiger charge is -2.42. The maximum atomic E-state index is 14.5. The molecule has 4 amide bonds. The van der Waals surface area contributed by atoms with Crippen LogP contribution in [0.1, 0.15) is 81.5 Å². The van der Waals surface area contributed by atoms with Crippen molar-refractivity contribution in [2.75, 3.05) is 31.8 Å². The van der Waals surface area contributed by atoms with Crippen molar-refractivity contribution in [2.24, 2.45) is 5.16 Å². The molecule has 3 atom stereocenters. The number of rotatable bonds is 13. The van der Waals surface area contributed by atoms with Gasteiger partial charge in [0, 0.05) is 62.2 Å². The monoisotopic (exact) mass is 905 g/mol. The average Bonchev–Trinajstić information content (AvgIpc) is 3.54. The highest BCUT2D eigenvalue weighted by Crippen LogP contribution is 2.46. The first-order chi connectivity index (χ1) is 29.6. The van der Waals surface area contributed by atoms with Crippen LogP contribution in [0.25, 0.3) is 0 Å². The third-order valence-electron chi connectivity index (χ3n) is 10.4. The molecule has 1 saturated heterocycles. The number of carbonyl (C=O) groups is 6. The first-order valence-corrected chi connectivity index (χ1v) is 20.2. The number of carboxylic acid groups (broad SMARTS) is 2. The van der Waals surface area contributed by atoms with Crippen molar-refractivity contribution in [2.45, 2.75) is 63.9 Å². The molecule has 26 heteroatoms. The summed E-state index contributed by atoms with van der Waals surface area (Å²) in [6.07, 6.45) is -0.0490. The van der Waals surface area contributed by atoms with E-state index < -0.39 is 133 Å². The molecule has 23 nitrogen and oxygen atoms in total. The van der Waals surface area contributed by atoms with Gasteiger partial charge in [-0.25, -0.2) is 37.2 Å². The number of aromatic nitrogens is 2. The molecule has 2 bridgehead atoms. The van der Waals surface area contributed by atoms with Crippen LogP contribution in [0, 0.1) is 11.6 Å². The fraction of sp³-hybridized carbons (Fsp3) is 0.378. The maximum Gasteiger partial charge on any atom is 0.472 e. The van der Waals surface area contributed by atoms with E-state index in [9.17, 15) is 57.1 Å². The number of pyridine rings is 2. The summed E-state index contributed by atoms with van der Waals surface area (Å²) in [6, 6.07) is 2.26. The van der Waals surface area contributed by atoms with Crippen LogP contribution < -0.4 is 20.4 Å². The number of fused-ring (bicyclic) bond motifs is 5. The Balaban J connectivity index is 1.42. The van der Waals surface area contributed by atoms with E-state index in [1.165, 1.54) is 9.47 Å². The van der Waals surface area contributed by atoms with Gasteiger partial charge in [-0.15, -0.1) is 0 Å². The molecular formula is C37H38F2N7O16P. The maximum absolute atomic E-state index is 14.5. The Morgan fingerprint density at radius 2 is 1.83 bits per heavy atom. The topological polar surface area (TPSA) is 306 Å². The molecule has 0 aliphatic carbocycles. The van der Waals surface area contributed by atoms with Crippen LogP contribution in [0.3, 0.4) is 0 Å². The molecule has 5 N–H and O–H groups in total. The molecule has 3 aliphatic heterocycles. The van der Waals surface area contributed by atoms with Gasteiger partial charge in [-0.2, -0.15) is 0 Å². The van der Waals surface area contributed by atoms with E-state index in [-0.39, 0.29) is 24.1 Å². The summed E-state index contributed by atoms with van der Waals surface area (Å²) in [5, 5.41) is 25.7. The Morgan fingerprint density at radius 3 is 2.46 bits per heavy atom. The molecule has 6 rings (SSSR count). The van der Waals surface area contributed by atoms with E-state index in [1.54, 1.807) is 13.8 Å². The zero-order valence-electron chi connectivity index (χ0n) is 33.3. The summed E-state index contributed by atoms with van der Waals surface area (Å²) in [5.41, 5.74) is -3.92. The summed E-state index contributed by atoms with van der Waals surface area (Å²) in [4.78, 5) is 124. The fourth-order valence-electron chi connectivity index (χ4n) is 7.37. The normalized spacial score (nSPS) is 19.0. The van der Waals surface area contributed by atoms with Gasteiger partial charge < -0.3 is 49.1 Å². The molecule has 3 aromatic rings. The lowest BCUT2D eigenvalue weighted by atomic mass is 9.84. The van der Waals surface area contributed by atoms with Gasteiger partial charge in [0.1, 0.15) is 29.6 Å². The Morgan fingerprint density at radius 1 is 1.10 bits per heavy atom. The highest BCUT2D eigenvalue weighted by molar-refractivity contribution is 7.46. The van der Waals surface area contributed by atoms with Gasteiger partial charge in [0.05, 0.1) is 23.9 Å². The van der Waals surface area contributed by atoms with E-state index in [1.807, 2.05) is 0 Å². The van der Waals surface area contributed by atoms with Crippen LogP contribution in [0.5, 0.6) is 5.75 Å². The highest BCUT2D eigenvalue weighted by atomic mass is 31.2. The summed E-state index contributed by atoms with van der Waals surface area (Å²) in [5.74, 6) is -8.37. The Kier molecular flexibility index (Phi) is 13.0. The summed E-state index contributed by atoms with van der Waals surface area (Å²) in [7, 11) is -4.12. The number of nitrogens with zero attached hydrogens (tertiary/aromatic N) is 6. The fourth-order valence-corrected chi connectivity index (χ4v) is 7.56. The lowest BCUT2D eigenvalue weighted by Crippen LogP contribution is -2.52. The number of amides is 4. The zero-order chi connectivity index (χ0) is 46.1. The number of hydrogen-bond acceptors (Lipinski definition) is 14. The number of aliphatic carboxylic acids is 1. The first kappa shape index (κ1) is 45.7. The summed E-state index contributed by atoms with van der Waals surface area (Å²) in [6.45, 7) is -0.364. The Bertz CT molecular complexity index is 2550. The van der Waals surface area contributed by atoms with Crippen molar-refractivity contribution in [3.63, 3.8) is 0 Å². The smallest absolute Gasteiger partial charge is 0.472 e. The van der Waals surface area contributed by atoms with Gasteiger partial charge >= 0.3 is 31.9 Å². The molecule has 336 valence electrons. The third kappa shape index (κ3) is 9.80. The third-order valence-corrected chi connectivity index (χ3v) is 10.9. The van der Waals surface area contributed by atoms with Crippen LogP contribution in [0.2, 0.25) is 0 Å². The summed E-state index contributed by atoms with van der Waals surface area (Å²) < 4.78 is 54.8. The Hall–Kier alpha value is -6.82. The van der Waals surface area contributed by atoms with Crippen molar-refractivity contribution < 1.29 is 80.9 Å². The second-order valence-corrected chi connectivity index (χ2v) is 16.0. The molecule has 1 aromatic carbocycles. The van der Waals surface area contributed by atoms with Crippen molar-refractivity contribution in [1.29, 1.82) is 0 Å². The van der Waals surface area contributed by atoms with Crippen molar-refractivity contribution in [3.8, 4) is 5.75 Å². The van der Waals surface area contributed by atoms with Gasteiger partial charge in [0.2, 0.25) is 18.0 Å². The van der Waals surface area contributed by atoms with Gasteiger partial charge in [0.25, 0.3) is 11.8 Å². The zero-order valence-corrected chi connectivity index (χ0v) is 34.2. The minimum atomic E-state index is -5.14. The SMILES string of the molecule is CC1=NO[C@@]2(CC[C@H](C)N3C[C@H]2n2cc(C(=O)NCc4ccc(F)cc4F)c(=O)c(OC(=O)N(C)c4ncc(C(=O)O)cc4CN(CC(=O)O)C(=O)OCOP(=O)(O)O)c2C3=O)C1. The summed E-state index contributed by atoms with van der Waals surface area (Å²) >= 11 is 0. The molecule has 2 aromatic heterocycles. The minimum Gasteiger partial charge on any atom is -0.480 e. The number of benzene rings is 1. The highest BCUT2D eigenvalue weighted by Gasteiger charge is 2.54. The average molecular weight is 906 g/mol. The van der Waals surface area contributed by atoms with Gasteiger partial charge in [0.15, 0.2) is 11.3 Å². The predicted octanol–water partition coefficient (Wildman–Crippen LogP) is 2.59. The van der Waals surface area contributed by atoms with E-state index >= 15 is 0 Å². The molecular weight excluding hydrogens is 867 g/mol. The standard InChI is InChI=1S/C37H38F2N7O16P/c1-18-10-37(62-42-18)7-6-19(2)45-15-26(37)46-14-24(32(50)41-11-20-4-5-23(38)9-25(20)39)29(49)30(28(46)33(45)51)61-35(54)43(3)31-22(8-21(12-40-31)34(52)53)13-44(16-27(47)48)36(55)59-17-60-63(56,57)58/h4-5,8-9,12,14,19,26H,6-7,10-11,13,15-17H2,1-3H3,(H,41,50)(H,47,48)(H,52,53)(H2,56,57,58)/t19-,26+,37-/m0/s1. The lowest BCUT2D eigenvalue weighted by molar-refractivity contribution is -0.138. The van der Waals surface area contributed by atoms with Crippen LogP contribution in [0.4, 0.5) is 24.2 Å². The number of phosphoric ester groups is 1. The number of halogens is 2. The number of aromatic carboxylic acids is 1. The number of nitrogens with one attached hydrogen (secondary N) is 1. The Labute approximate surface area is 353 Å². The van der Waals surface area contributed by atoms with Crippen LogP contribution in [-0.4, -0.2) is 120 Å². The number of carbonyl (C=O) groups excluding carboxylic acids is 4. The van der Waals surface area contributed by atoms with E-state index in [0.29, 0.717) is 34.4 Å². The second kappa shape index (κ2) is 17.9. The van der Waals surface area contributed by atoms with Gasteiger partial charge in [-0.05, 0) is 38.8 Å². The second-order valence-electron chi connectivity index (χ2n) is 14.7. The molecule has 0 unspecified atom stereocenters. The van der Waals surface area contributed by atoms with E-state index in [0.717, 1.165) is 37.6 Å². The number of oxime groups is 1. The number of phosphoric acid groups is 1. The van der Waals surface area contributed by atoms with E-state index in [4.69, 9.17) is 19.4 Å². The number of hydrogen-bond donors (Lipinski definition) is 5. The largest absolute Gasteiger partial charge is 0.480 e. The van der Waals surface area contributed by atoms with Crippen molar-refractivity contribution >= 4 is 55.3 Å². The number of carboxylic acids is 2. The van der Waals surface area contributed by atoms with Gasteiger partial charge in [-0.1, -0.05) is 11.2 Å². The first-order valence-electron chi connectivity index (χ1n) is 18.6. The molecule has 3 aliphatic rings. The number of ether oxygens (including phenoxy) is 2. The van der Waals surface area contributed by atoms with Crippen LogP contribution >= 0.6 is 7.82 Å². The predicted molar refractivity (Wildman–Crippen MR) is 207 cm³/mol. The molecule has 63 heavy (non-hydrogen) atoms. The van der Waals surface area contributed by atoms with Crippen molar-refractivity contribution in [3.05, 3.63) is 86.5 Å². The molecule has 0 radical (unpaired) electrons. The van der Waals surface area contributed by atoms with Crippen molar-refractivity contribution in [1.82, 2.24) is 24.7 Å². The molecule has 1 spiro atoms. The quantitative estimate of drug-likeness (QED) is 0.122.